The highest BCUT2D eigenvalue weighted by atomic mass is 19.3. The molecule has 0 saturated heterocycles. The number of hydrogen-bond donors (Lipinski definition) is 3. The first kappa shape index (κ1) is 20.7. The first-order valence-corrected chi connectivity index (χ1v) is 8.26. The second-order valence-electron chi connectivity index (χ2n) is 5.58. The van der Waals surface area contributed by atoms with Crippen molar-refractivity contribution in [3.05, 3.63) is 29.8 Å². The van der Waals surface area contributed by atoms with E-state index < -0.39 is 6.61 Å². The molecule has 1 rings (SSSR count). The van der Waals surface area contributed by atoms with Gasteiger partial charge in [0.05, 0.1) is 6.54 Å². The van der Waals surface area contributed by atoms with Crippen molar-refractivity contribution in [3.63, 3.8) is 0 Å². The maximum Gasteiger partial charge on any atom is 0.387 e. The highest BCUT2D eigenvalue weighted by Gasteiger charge is 2.09. The van der Waals surface area contributed by atoms with E-state index in [2.05, 4.69) is 25.7 Å². The molecule has 140 valence electrons. The van der Waals surface area contributed by atoms with E-state index in [-0.39, 0.29) is 24.2 Å². The second kappa shape index (κ2) is 11.2. The number of carbonyl (C=O) groups is 1. The van der Waals surface area contributed by atoms with Gasteiger partial charge >= 0.3 is 6.61 Å². The molecule has 0 aliphatic heterocycles. The number of benzene rings is 1. The zero-order chi connectivity index (χ0) is 18.7. The summed E-state index contributed by atoms with van der Waals surface area (Å²) < 4.78 is 29.4. The number of halogens is 2. The molecule has 0 aliphatic carbocycles. The molecule has 6 nitrogen and oxygen atoms in total. The lowest BCUT2D eigenvalue weighted by Crippen LogP contribution is -2.40. The number of nitrogens with zero attached hydrogens (tertiary/aromatic N) is 1. The Labute approximate surface area is 147 Å². The summed E-state index contributed by atoms with van der Waals surface area (Å²) in [5, 5.41) is 8.90. The number of amides is 1. The molecular formula is C17H26F2N4O2. The number of alkyl halides is 2. The zero-order valence-corrected chi connectivity index (χ0v) is 14.8. The summed E-state index contributed by atoms with van der Waals surface area (Å²) in [5.41, 5.74) is 0.553. The van der Waals surface area contributed by atoms with Crippen LogP contribution in [0, 0.1) is 0 Å². The Morgan fingerprint density at radius 2 is 1.96 bits per heavy atom. The number of ether oxygens (including phenoxy) is 1. The molecule has 0 aliphatic rings. The molecule has 8 heteroatoms. The molecule has 3 N–H and O–H groups in total. The first-order valence-electron chi connectivity index (χ1n) is 8.26. The summed E-state index contributed by atoms with van der Waals surface area (Å²) in [6, 6.07) is 6.62. The van der Waals surface area contributed by atoms with Crippen LogP contribution in [0.15, 0.2) is 29.3 Å². The van der Waals surface area contributed by atoms with Crippen LogP contribution < -0.4 is 20.7 Å². The van der Waals surface area contributed by atoms with Crippen LogP contribution in [0.25, 0.3) is 0 Å². The maximum absolute atomic E-state index is 12.4. The van der Waals surface area contributed by atoms with E-state index in [1.165, 1.54) is 6.07 Å². The fourth-order valence-corrected chi connectivity index (χ4v) is 2.04. The van der Waals surface area contributed by atoms with E-state index in [0.717, 1.165) is 0 Å². The summed E-state index contributed by atoms with van der Waals surface area (Å²) in [4.78, 5) is 16.0. The molecule has 25 heavy (non-hydrogen) atoms. The molecule has 0 bridgehead atoms. The zero-order valence-electron chi connectivity index (χ0n) is 14.8. The van der Waals surface area contributed by atoms with E-state index in [4.69, 9.17) is 0 Å². The average Bonchev–Trinajstić information content (AvgIpc) is 2.52. The summed E-state index contributed by atoms with van der Waals surface area (Å²) in [6.45, 7) is 4.06. The topological polar surface area (TPSA) is 74.8 Å². The first-order chi connectivity index (χ1) is 11.9. The normalized spacial score (nSPS) is 11.6. The van der Waals surface area contributed by atoms with E-state index in [1.54, 1.807) is 18.2 Å². The Kier molecular flexibility index (Phi) is 9.28. The van der Waals surface area contributed by atoms with Crippen molar-refractivity contribution in [1.82, 2.24) is 16.0 Å². The molecule has 0 fully saturated rings. The fourth-order valence-electron chi connectivity index (χ4n) is 2.04. The Morgan fingerprint density at radius 3 is 2.60 bits per heavy atom. The predicted molar refractivity (Wildman–Crippen MR) is 93.8 cm³/mol. The number of para-hydroxylation sites is 1. The van der Waals surface area contributed by atoms with Crippen molar-refractivity contribution < 1.29 is 18.3 Å². The Balaban J connectivity index is 2.62. The summed E-state index contributed by atoms with van der Waals surface area (Å²) >= 11 is 0. The van der Waals surface area contributed by atoms with E-state index in [0.29, 0.717) is 31.0 Å². The average molecular weight is 356 g/mol. The van der Waals surface area contributed by atoms with Gasteiger partial charge in [0.15, 0.2) is 5.96 Å². The third kappa shape index (κ3) is 8.88. The molecule has 1 amide bonds. The molecule has 0 unspecified atom stereocenters. The van der Waals surface area contributed by atoms with Gasteiger partial charge in [-0.2, -0.15) is 8.78 Å². The van der Waals surface area contributed by atoms with Crippen LogP contribution in [0.5, 0.6) is 5.75 Å². The number of nitrogens with one attached hydrogen (secondary N) is 3. The van der Waals surface area contributed by atoms with Gasteiger partial charge in [-0.25, -0.2) is 4.99 Å². The number of rotatable bonds is 9. The van der Waals surface area contributed by atoms with Gasteiger partial charge in [-0.3, -0.25) is 4.79 Å². The molecular weight excluding hydrogens is 330 g/mol. The predicted octanol–water partition coefficient (Wildman–Crippen LogP) is 2.26. The van der Waals surface area contributed by atoms with E-state index in [1.807, 2.05) is 20.8 Å². The number of aliphatic imine (C=N–C) groups is 1. The molecule has 0 heterocycles. The molecule has 1 aromatic rings. The van der Waals surface area contributed by atoms with Gasteiger partial charge in [0, 0.05) is 31.1 Å². The van der Waals surface area contributed by atoms with E-state index in [9.17, 15) is 13.6 Å². The molecule has 1 aromatic carbocycles. The molecule has 0 spiro atoms. The highest BCUT2D eigenvalue weighted by molar-refractivity contribution is 5.81. The van der Waals surface area contributed by atoms with Crippen LogP contribution >= 0.6 is 0 Å². The maximum atomic E-state index is 12.4. The summed E-state index contributed by atoms with van der Waals surface area (Å²) in [6.07, 6.45) is 0.313. The molecule has 0 atom stereocenters. The van der Waals surface area contributed by atoms with Gasteiger partial charge in [-0.15, -0.1) is 0 Å². The van der Waals surface area contributed by atoms with Crippen LogP contribution in [0.2, 0.25) is 0 Å². The summed E-state index contributed by atoms with van der Waals surface area (Å²) in [5.74, 6) is 0.564. The minimum Gasteiger partial charge on any atom is -0.434 e. The Hall–Kier alpha value is -2.38. The SMILES string of the molecule is CCNC(=NCc1ccccc1OC(F)F)NCCC(=O)NC(C)C. The molecule has 0 radical (unpaired) electrons. The van der Waals surface area contributed by atoms with Crippen LogP contribution in [0.3, 0.4) is 0 Å². The van der Waals surface area contributed by atoms with Gasteiger partial charge in [-0.1, -0.05) is 18.2 Å². The van der Waals surface area contributed by atoms with Crippen molar-refractivity contribution in [1.29, 1.82) is 0 Å². The third-order valence-electron chi connectivity index (χ3n) is 3.03. The van der Waals surface area contributed by atoms with Crippen molar-refractivity contribution in [2.75, 3.05) is 13.1 Å². The number of hydrogen-bond acceptors (Lipinski definition) is 3. The van der Waals surface area contributed by atoms with Crippen molar-refractivity contribution in [3.8, 4) is 5.75 Å². The fraction of sp³-hybridized carbons (Fsp3) is 0.529. The van der Waals surface area contributed by atoms with Crippen LogP contribution in [0.1, 0.15) is 32.8 Å². The number of carbonyl (C=O) groups excluding carboxylic acids is 1. The van der Waals surface area contributed by atoms with Crippen LogP contribution in [-0.4, -0.2) is 37.6 Å². The largest absolute Gasteiger partial charge is 0.434 e. The minimum absolute atomic E-state index is 0.0472. The third-order valence-corrected chi connectivity index (χ3v) is 3.03. The van der Waals surface area contributed by atoms with Crippen molar-refractivity contribution in [2.24, 2.45) is 4.99 Å². The highest BCUT2D eigenvalue weighted by Crippen LogP contribution is 2.20. The lowest BCUT2D eigenvalue weighted by molar-refractivity contribution is -0.121. The van der Waals surface area contributed by atoms with Crippen LogP contribution in [0.4, 0.5) is 8.78 Å². The summed E-state index contributed by atoms with van der Waals surface area (Å²) in [7, 11) is 0. The minimum atomic E-state index is -2.88. The lowest BCUT2D eigenvalue weighted by atomic mass is 10.2. The molecule has 0 saturated carbocycles. The monoisotopic (exact) mass is 356 g/mol. The Morgan fingerprint density at radius 1 is 1.24 bits per heavy atom. The van der Waals surface area contributed by atoms with Gasteiger partial charge in [0.25, 0.3) is 0 Å². The Bertz CT molecular complexity index is 565. The van der Waals surface area contributed by atoms with E-state index >= 15 is 0 Å². The van der Waals surface area contributed by atoms with Gasteiger partial charge < -0.3 is 20.7 Å². The van der Waals surface area contributed by atoms with Crippen molar-refractivity contribution >= 4 is 11.9 Å². The van der Waals surface area contributed by atoms with Crippen molar-refractivity contribution in [2.45, 2.75) is 46.4 Å². The second-order valence-corrected chi connectivity index (χ2v) is 5.58. The quantitative estimate of drug-likeness (QED) is 0.469. The molecule has 0 aromatic heterocycles. The lowest BCUT2D eigenvalue weighted by Gasteiger charge is -2.13. The smallest absolute Gasteiger partial charge is 0.387 e. The standard InChI is InChI=1S/C17H26F2N4O2/c1-4-20-17(21-10-9-15(24)23-12(2)3)22-11-13-7-5-6-8-14(13)25-16(18)19/h5-8,12,16H,4,9-11H2,1-3H3,(H,23,24)(H2,20,21,22). The van der Waals surface area contributed by atoms with Crippen LogP contribution in [-0.2, 0) is 11.3 Å². The van der Waals surface area contributed by atoms with Gasteiger partial charge in [0.1, 0.15) is 5.75 Å². The van der Waals surface area contributed by atoms with Gasteiger partial charge in [0.2, 0.25) is 5.91 Å². The van der Waals surface area contributed by atoms with Gasteiger partial charge in [-0.05, 0) is 26.8 Å². The number of guanidine groups is 1.